The molecule has 2 aromatic rings. The van der Waals surface area contributed by atoms with Crippen LogP contribution in [0.2, 0.25) is 0 Å². The first-order chi connectivity index (χ1) is 10.8. The minimum atomic E-state index is -0.188. The zero-order chi connectivity index (χ0) is 16.8. The molecular formula is C15H19BrN4O3. The summed E-state index contributed by atoms with van der Waals surface area (Å²) in [5.41, 5.74) is 1.09. The number of hydrogen-bond donors (Lipinski definition) is 0. The molecule has 1 saturated heterocycles. The molecule has 1 amide bonds. The maximum Gasteiger partial charge on any atom is 0.293 e. The van der Waals surface area contributed by atoms with Crippen LogP contribution >= 0.6 is 15.9 Å². The molecule has 0 N–H and O–H groups in total. The van der Waals surface area contributed by atoms with Crippen molar-refractivity contribution in [3.63, 3.8) is 0 Å². The molecule has 0 saturated carbocycles. The molecule has 0 bridgehead atoms. The molecule has 8 heteroatoms. The van der Waals surface area contributed by atoms with Crippen LogP contribution in [0.1, 0.15) is 35.9 Å². The molecule has 2 aromatic heterocycles. The van der Waals surface area contributed by atoms with Crippen molar-refractivity contribution < 1.29 is 14.1 Å². The summed E-state index contributed by atoms with van der Waals surface area (Å²) < 4.78 is 12.4. The van der Waals surface area contributed by atoms with Crippen LogP contribution in [0, 0.1) is 5.41 Å². The van der Waals surface area contributed by atoms with Gasteiger partial charge in [-0.2, -0.15) is 5.10 Å². The first kappa shape index (κ1) is 16.0. The van der Waals surface area contributed by atoms with Crippen molar-refractivity contribution >= 4 is 21.8 Å². The highest BCUT2D eigenvalue weighted by Gasteiger charge is 2.44. The van der Waals surface area contributed by atoms with E-state index in [2.05, 4.69) is 40.0 Å². The molecule has 1 aliphatic rings. The molecule has 0 aromatic carbocycles. The van der Waals surface area contributed by atoms with Gasteiger partial charge in [0.15, 0.2) is 0 Å². The number of nitrogens with zero attached hydrogens (tertiary/aromatic N) is 4. The molecule has 3 rings (SSSR count). The summed E-state index contributed by atoms with van der Waals surface area (Å²) in [4.78, 5) is 14.5. The number of carbonyl (C=O) groups is 1. The Labute approximate surface area is 142 Å². The van der Waals surface area contributed by atoms with Gasteiger partial charge in [0.2, 0.25) is 5.76 Å². The zero-order valence-electron chi connectivity index (χ0n) is 13.5. The number of hydrogen-bond acceptors (Lipinski definition) is 5. The average Bonchev–Trinajstić information content (AvgIpc) is 3.15. The van der Waals surface area contributed by atoms with Gasteiger partial charge in [-0.3, -0.25) is 9.48 Å². The highest BCUT2D eigenvalue weighted by molar-refractivity contribution is 9.10. The van der Waals surface area contributed by atoms with Gasteiger partial charge in [-0.15, -0.1) is 0 Å². The third-order valence-electron chi connectivity index (χ3n) is 4.35. The van der Waals surface area contributed by atoms with E-state index in [1.54, 1.807) is 9.58 Å². The molecule has 1 unspecified atom stereocenters. The SMILES string of the molecule is COc1noc(C(=O)N2CC(c3cnn(C)c3)C(C)(C)C2)c1Br. The summed E-state index contributed by atoms with van der Waals surface area (Å²) in [6, 6.07) is 0. The maximum absolute atomic E-state index is 12.8. The van der Waals surface area contributed by atoms with E-state index in [4.69, 9.17) is 9.26 Å². The number of amides is 1. The van der Waals surface area contributed by atoms with Gasteiger partial charge in [0.1, 0.15) is 4.47 Å². The van der Waals surface area contributed by atoms with Gasteiger partial charge >= 0.3 is 0 Å². The van der Waals surface area contributed by atoms with Crippen LogP contribution in [0.4, 0.5) is 0 Å². The van der Waals surface area contributed by atoms with Crippen molar-refractivity contribution in [1.82, 2.24) is 19.8 Å². The average molecular weight is 383 g/mol. The van der Waals surface area contributed by atoms with Crippen molar-refractivity contribution in [1.29, 1.82) is 0 Å². The van der Waals surface area contributed by atoms with Gasteiger partial charge in [-0.05, 0) is 32.1 Å². The Hall–Kier alpha value is -1.83. The monoisotopic (exact) mass is 382 g/mol. The molecular weight excluding hydrogens is 364 g/mol. The normalized spacial score (nSPS) is 20.0. The summed E-state index contributed by atoms with van der Waals surface area (Å²) in [5, 5.41) is 7.98. The van der Waals surface area contributed by atoms with Crippen molar-refractivity contribution in [3.8, 4) is 5.88 Å². The lowest BCUT2D eigenvalue weighted by atomic mass is 9.79. The molecule has 3 heterocycles. The van der Waals surface area contributed by atoms with E-state index in [1.165, 1.54) is 7.11 Å². The number of aryl methyl sites for hydroxylation is 1. The molecule has 124 valence electrons. The van der Waals surface area contributed by atoms with Gasteiger partial charge in [-0.1, -0.05) is 13.8 Å². The van der Waals surface area contributed by atoms with Crippen LogP contribution in [0.15, 0.2) is 21.4 Å². The Bertz CT molecular complexity index is 737. The fourth-order valence-electron chi connectivity index (χ4n) is 3.13. The molecule has 1 atom stereocenters. The van der Waals surface area contributed by atoms with E-state index in [0.29, 0.717) is 17.6 Å². The van der Waals surface area contributed by atoms with Crippen LogP contribution in [-0.4, -0.2) is 45.9 Å². The van der Waals surface area contributed by atoms with Crippen LogP contribution < -0.4 is 4.74 Å². The van der Waals surface area contributed by atoms with Crippen molar-refractivity contribution in [2.24, 2.45) is 12.5 Å². The number of halogens is 1. The summed E-state index contributed by atoms with van der Waals surface area (Å²) >= 11 is 3.31. The number of aromatic nitrogens is 3. The molecule has 0 aliphatic carbocycles. The van der Waals surface area contributed by atoms with E-state index >= 15 is 0 Å². The summed E-state index contributed by atoms with van der Waals surface area (Å²) in [5.74, 6) is 0.482. The highest BCUT2D eigenvalue weighted by atomic mass is 79.9. The second-order valence-corrected chi connectivity index (χ2v) is 7.30. The van der Waals surface area contributed by atoms with Gasteiger partial charge in [0.25, 0.3) is 11.8 Å². The third kappa shape index (κ3) is 2.75. The van der Waals surface area contributed by atoms with Gasteiger partial charge < -0.3 is 14.2 Å². The zero-order valence-corrected chi connectivity index (χ0v) is 15.1. The van der Waals surface area contributed by atoms with Crippen molar-refractivity contribution in [3.05, 3.63) is 28.2 Å². The van der Waals surface area contributed by atoms with E-state index in [0.717, 1.165) is 5.56 Å². The molecule has 7 nitrogen and oxygen atoms in total. The van der Waals surface area contributed by atoms with Crippen LogP contribution in [0.3, 0.4) is 0 Å². The number of carbonyl (C=O) groups excluding carboxylic acids is 1. The first-order valence-corrected chi connectivity index (χ1v) is 8.09. The van der Waals surface area contributed by atoms with E-state index in [-0.39, 0.29) is 28.9 Å². The second-order valence-electron chi connectivity index (χ2n) is 6.51. The lowest BCUT2D eigenvalue weighted by molar-refractivity contribution is 0.0735. The third-order valence-corrected chi connectivity index (χ3v) is 5.05. The molecule has 1 aliphatic heterocycles. The number of rotatable bonds is 3. The Balaban J connectivity index is 1.84. The molecule has 1 fully saturated rings. The standard InChI is InChI=1S/C15H19BrN4O3/c1-15(2)8-20(7-10(15)9-5-17-19(3)6-9)14(21)12-11(16)13(22-4)18-23-12/h5-6,10H,7-8H2,1-4H3. The molecule has 23 heavy (non-hydrogen) atoms. The Morgan fingerprint density at radius 2 is 2.26 bits per heavy atom. The largest absolute Gasteiger partial charge is 0.478 e. The fourth-order valence-corrected chi connectivity index (χ4v) is 3.61. The topological polar surface area (TPSA) is 73.4 Å². The lowest BCUT2D eigenvalue weighted by Gasteiger charge is -2.24. The quantitative estimate of drug-likeness (QED) is 0.814. The number of likely N-dealkylation sites (tertiary alicyclic amines) is 1. The van der Waals surface area contributed by atoms with Gasteiger partial charge in [0.05, 0.1) is 13.3 Å². The first-order valence-electron chi connectivity index (χ1n) is 7.30. The predicted molar refractivity (Wildman–Crippen MR) is 86.4 cm³/mol. The Morgan fingerprint density at radius 3 is 2.83 bits per heavy atom. The Morgan fingerprint density at radius 1 is 1.52 bits per heavy atom. The summed E-state index contributed by atoms with van der Waals surface area (Å²) in [6.45, 7) is 5.58. The van der Waals surface area contributed by atoms with Crippen LogP contribution in [0.5, 0.6) is 5.88 Å². The van der Waals surface area contributed by atoms with Crippen molar-refractivity contribution in [2.75, 3.05) is 20.2 Å². The number of ether oxygens (including phenoxy) is 1. The van der Waals surface area contributed by atoms with Gasteiger partial charge in [0, 0.05) is 32.3 Å². The second kappa shape index (κ2) is 5.67. The minimum Gasteiger partial charge on any atom is -0.478 e. The van der Waals surface area contributed by atoms with Gasteiger partial charge in [-0.25, -0.2) is 0 Å². The smallest absolute Gasteiger partial charge is 0.293 e. The van der Waals surface area contributed by atoms with E-state index in [9.17, 15) is 4.79 Å². The number of methoxy groups -OCH3 is 1. The molecule has 0 radical (unpaired) electrons. The Kier molecular flexibility index (Phi) is 3.95. The van der Waals surface area contributed by atoms with Crippen LogP contribution in [0.25, 0.3) is 0 Å². The van der Waals surface area contributed by atoms with Crippen molar-refractivity contribution in [2.45, 2.75) is 19.8 Å². The molecule has 0 spiro atoms. The summed E-state index contributed by atoms with van der Waals surface area (Å²) in [7, 11) is 3.38. The predicted octanol–water partition coefficient (Wildman–Crippen LogP) is 2.45. The lowest BCUT2D eigenvalue weighted by Crippen LogP contribution is -2.30. The fraction of sp³-hybridized carbons (Fsp3) is 0.533. The highest BCUT2D eigenvalue weighted by Crippen LogP contribution is 2.43. The van der Waals surface area contributed by atoms with E-state index < -0.39 is 0 Å². The van der Waals surface area contributed by atoms with Crippen LogP contribution in [-0.2, 0) is 7.05 Å². The minimum absolute atomic E-state index is 0.0464. The summed E-state index contributed by atoms with van der Waals surface area (Å²) in [6.07, 6.45) is 3.88. The maximum atomic E-state index is 12.8. The van der Waals surface area contributed by atoms with E-state index in [1.807, 2.05) is 19.4 Å².